The number of hydrogen-bond acceptors (Lipinski definition) is 3. The van der Waals surface area contributed by atoms with Gasteiger partial charge in [0.1, 0.15) is 17.3 Å². The minimum Gasteiger partial charge on any atom is -0.325 e. The van der Waals surface area contributed by atoms with Gasteiger partial charge in [-0.3, -0.25) is 0 Å². The van der Waals surface area contributed by atoms with Crippen LogP contribution in [-0.4, -0.2) is 16.5 Å². The smallest absolute Gasteiger partial charge is 0.152 e. The van der Waals surface area contributed by atoms with E-state index in [1.807, 2.05) is 17.9 Å². The van der Waals surface area contributed by atoms with Crippen molar-refractivity contribution in [1.82, 2.24) is 9.97 Å². The quantitative estimate of drug-likeness (QED) is 0.790. The predicted octanol–water partition coefficient (Wildman–Crippen LogP) is 4.19. The van der Waals surface area contributed by atoms with E-state index < -0.39 is 0 Å². The molecule has 0 fully saturated rings. The maximum absolute atomic E-state index is 13.3. The standard InChI is InChI=1S/C12H10BrClFN3/c1-2-18(9-5-3-4-8(15)6-9)12-10(13)11(14)16-7-17-12/h3-7H,2H2,1H3. The highest BCUT2D eigenvalue weighted by Crippen LogP contribution is 2.33. The first-order chi connectivity index (χ1) is 8.63. The molecule has 0 N–H and O–H groups in total. The summed E-state index contributed by atoms with van der Waals surface area (Å²) in [6.45, 7) is 2.59. The highest BCUT2D eigenvalue weighted by molar-refractivity contribution is 9.10. The molecular weight excluding hydrogens is 321 g/mol. The molecule has 0 aliphatic carbocycles. The number of rotatable bonds is 3. The summed E-state index contributed by atoms with van der Waals surface area (Å²) in [6.07, 6.45) is 1.38. The Labute approximate surface area is 118 Å². The van der Waals surface area contributed by atoms with E-state index in [1.54, 1.807) is 6.07 Å². The predicted molar refractivity (Wildman–Crippen MR) is 73.8 cm³/mol. The van der Waals surface area contributed by atoms with Crippen molar-refractivity contribution in [2.45, 2.75) is 6.92 Å². The Morgan fingerprint density at radius 1 is 1.39 bits per heavy atom. The summed E-state index contributed by atoms with van der Waals surface area (Å²) in [5.74, 6) is 0.324. The summed E-state index contributed by atoms with van der Waals surface area (Å²) in [5.41, 5.74) is 0.716. The topological polar surface area (TPSA) is 29.0 Å². The summed E-state index contributed by atoms with van der Waals surface area (Å²) >= 11 is 9.28. The van der Waals surface area contributed by atoms with Crippen molar-refractivity contribution < 1.29 is 4.39 Å². The number of hydrogen-bond donors (Lipinski definition) is 0. The lowest BCUT2D eigenvalue weighted by atomic mass is 10.2. The molecule has 1 aromatic heterocycles. The highest BCUT2D eigenvalue weighted by Gasteiger charge is 2.15. The van der Waals surface area contributed by atoms with Crippen LogP contribution in [0.3, 0.4) is 0 Å². The normalized spacial score (nSPS) is 10.4. The van der Waals surface area contributed by atoms with Gasteiger partial charge in [-0.1, -0.05) is 17.7 Å². The maximum atomic E-state index is 13.3. The van der Waals surface area contributed by atoms with Crippen LogP contribution in [0, 0.1) is 5.82 Å². The van der Waals surface area contributed by atoms with Gasteiger partial charge in [-0.25, -0.2) is 14.4 Å². The fourth-order valence-electron chi connectivity index (χ4n) is 1.63. The van der Waals surface area contributed by atoms with Gasteiger partial charge >= 0.3 is 0 Å². The molecule has 0 aliphatic heterocycles. The van der Waals surface area contributed by atoms with Crippen molar-refractivity contribution in [3.8, 4) is 0 Å². The summed E-state index contributed by atoms with van der Waals surface area (Å²) in [5, 5.41) is 0.329. The van der Waals surface area contributed by atoms with Gasteiger partial charge in [0.25, 0.3) is 0 Å². The van der Waals surface area contributed by atoms with Crippen LogP contribution in [0.2, 0.25) is 5.15 Å². The van der Waals surface area contributed by atoms with Crippen LogP contribution in [0.15, 0.2) is 35.1 Å². The summed E-state index contributed by atoms with van der Waals surface area (Å²) in [6, 6.07) is 6.32. The molecule has 2 rings (SSSR count). The molecule has 6 heteroatoms. The van der Waals surface area contributed by atoms with Gasteiger partial charge in [0, 0.05) is 12.2 Å². The molecule has 0 unspecified atom stereocenters. The Hall–Kier alpha value is -1.20. The Balaban J connectivity index is 2.49. The van der Waals surface area contributed by atoms with Gasteiger partial charge in [0.2, 0.25) is 0 Å². The highest BCUT2D eigenvalue weighted by atomic mass is 79.9. The largest absolute Gasteiger partial charge is 0.325 e. The van der Waals surface area contributed by atoms with Gasteiger partial charge in [-0.05, 0) is 41.1 Å². The monoisotopic (exact) mass is 329 g/mol. The van der Waals surface area contributed by atoms with Crippen LogP contribution in [0.25, 0.3) is 0 Å². The first kappa shape index (κ1) is 13.2. The maximum Gasteiger partial charge on any atom is 0.152 e. The van der Waals surface area contributed by atoms with E-state index in [-0.39, 0.29) is 5.82 Å². The SMILES string of the molecule is CCN(c1cccc(F)c1)c1ncnc(Cl)c1Br. The molecule has 0 radical (unpaired) electrons. The Morgan fingerprint density at radius 3 is 2.83 bits per heavy atom. The zero-order valence-corrected chi connectivity index (χ0v) is 11.9. The second kappa shape index (κ2) is 5.63. The van der Waals surface area contributed by atoms with E-state index in [2.05, 4.69) is 25.9 Å². The van der Waals surface area contributed by atoms with E-state index in [1.165, 1.54) is 18.5 Å². The summed E-state index contributed by atoms with van der Waals surface area (Å²) < 4.78 is 13.9. The lowest BCUT2D eigenvalue weighted by Gasteiger charge is -2.23. The number of aromatic nitrogens is 2. The Morgan fingerprint density at radius 2 is 2.17 bits per heavy atom. The van der Waals surface area contributed by atoms with E-state index >= 15 is 0 Å². The van der Waals surface area contributed by atoms with Crippen molar-refractivity contribution in [1.29, 1.82) is 0 Å². The van der Waals surface area contributed by atoms with Crippen molar-refractivity contribution in [3.63, 3.8) is 0 Å². The molecule has 2 aromatic rings. The van der Waals surface area contributed by atoms with Crippen LogP contribution in [0.4, 0.5) is 15.9 Å². The Bertz CT molecular complexity index is 565. The van der Waals surface area contributed by atoms with E-state index in [4.69, 9.17) is 11.6 Å². The van der Waals surface area contributed by atoms with Crippen molar-refractivity contribution in [2.75, 3.05) is 11.4 Å². The molecule has 18 heavy (non-hydrogen) atoms. The number of benzene rings is 1. The zero-order valence-electron chi connectivity index (χ0n) is 9.57. The van der Waals surface area contributed by atoms with Gasteiger partial charge in [-0.2, -0.15) is 0 Å². The molecule has 3 nitrogen and oxygen atoms in total. The third-order valence-electron chi connectivity index (χ3n) is 2.42. The van der Waals surface area contributed by atoms with Crippen molar-refractivity contribution in [2.24, 2.45) is 0 Å². The fraction of sp³-hybridized carbons (Fsp3) is 0.167. The number of anilines is 2. The lowest BCUT2D eigenvalue weighted by molar-refractivity contribution is 0.627. The minimum atomic E-state index is -0.290. The van der Waals surface area contributed by atoms with Gasteiger partial charge in [0.15, 0.2) is 5.82 Å². The molecule has 94 valence electrons. The third-order valence-corrected chi connectivity index (χ3v) is 3.67. The lowest BCUT2D eigenvalue weighted by Crippen LogP contribution is -2.18. The van der Waals surface area contributed by atoms with Crippen LogP contribution < -0.4 is 4.90 Å². The molecule has 0 amide bonds. The van der Waals surface area contributed by atoms with E-state index in [0.717, 1.165) is 0 Å². The third kappa shape index (κ3) is 2.62. The molecule has 1 aromatic carbocycles. The number of halogens is 3. The van der Waals surface area contributed by atoms with Crippen LogP contribution in [0.1, 0.15) is 6.92 Å². The average molecular weight is 331 g/mol. The molecule has 0 saturated carbocycles. The molecule has 0 saturated heterocycles. The van der Waals surface area contributed by atoms with Crippen LogP contribution in [-0.2, 0) is 0 Å². The fourth-order valence-corrected chi connectivity index (χ4v) is 2.17. The summed E-state index contributed by atoms with van der Waals surface area (Å²) in [7, 11) is 0. The first-order valence-corrected chi connectivity index (χ1v) is 6.49. The molecule has 0 atom stereocenters. The molecule has 1 heterocycles. The van der Waals surface area contributed by atoms with Crippen molar-refractivity contribution in [3.05, 3.63) is 46.0 Å². The van der Waals surface area contributed by atoms with Crippen LogP contribution in [0.5, 0.6) is 0 Å². The van der Waals surface area contributed by atoms with E-state index in [0.29, 0.717) is 27.7 Å². The van der Waals surface area contributed by atoms with Gasteiger partial charge < -0.3 is 4.90 Å². The van der Waals surface area contributed by atoms with Crippen LogP contribution >= 0.6 is 27.5 Å². The minimum absolute atomic E-state index is 0.290. The molecule has 0 spiro atoms. The molecule has 0 bridgehead atoms. The van der Waals surface area contributed by atoms with Gasteiger partial charge in [-0.15, -0.1) is 0 Å². The first-order valence-electron chi connectivity index (χ1n) is 5.32. The van der Waals surface area contributed by atoms with E-state index in [9.17, 15) is 4.39 Å². The number of nitrogens with zero attached hydrogens (tertiary/aromatic N) is 3. The Kier molecular flexibility index (Phi) is 4.14. The van der Waals surface area contributed by atoms with Gasteiger partial charge in [0.05, 0.1) is 4.47 Å². The summed E-state index contributed by atoms with van der Waals surface area (Å²) in [4.78, 5) is 9.90. The van der Waals surface area contributed by atoms with Crippen molar-refractivity contribution >= 4 is 39.0 Å². The second-order valence-corrected chi connectivity index (χ2v) is 4.68. The molecule has 0 aliphatic rings. The molecular formula is C12H10BrClFN3. The average Bonchev–Trinajstić information content (AvgIpc) is 2.35. The second-order valence-electron chi connectivity index (χ2n) is 3.53. The zero-order chi connectivity index (χ0) is 13.1.